The predicted octanol–water partition coefficient (Wildman–Crippen LogP) is 4.88. The molecule has 0 radical (unpaired) electrons. The maximum absolute atomic E-state index is 12.2. The van der Waals surface area contributed by atoms with Crippen LogP contribution in [0.3, 0.4) is 0 Å². The van der Waals surface area contributed by atoms with E-state index in [4.69, 9.17) is 4.74 Å². The third-order valence-corrected chi connectivity index (χ3v) is 4.55. The molecule has 29 heavy (non-hydrogen) atoms. The summed E-state index contributed by atoms with van der Waals surface area (Å²) in [6.07, 6.45) is 1.40. The summed E-state index contributed by atoms with van der Waals surface area (Å²) >= 11 is 3.39. The second-order valence-corrected chi connectivity index (χ2v) is 7.08. The Labute approximate surface area is 176 Å². The summed E-state index contributed by atoms with van der Waals surface area (Å²) in [5, 5.41) is 11.8. The first-order chi connectivity index (χ1) is 14.0. The number of benzene rings is 3. The summed E-state index contributed by atoms with van der Waals surface area (Å²) in [4.78, 5) is 23.7. The molecule has 0 bridgehead atoms. The normalized spacial score (nSPS) is 11.0. The van der Waals surface area contributed by atoms with E-state index in [9.17, 15) is 14.7 Å². The number of carbonyl (C=O) groups excluding carboxylic acids is 1. The number of amides is 1. The van der Waals surface area contributed by atoms with Crippen molar-refractivity contribution in [3.05, 3.63) is 106 Å². The lowest BCUT2D eigenvalue weighted by Gasteiger charge is -2.08. The molecule has 0 fully saturated rings. The molecule has 0 aliphatic rings. The van der Waals surface area contributed by atoms with Crippen LogP contribution in [0, 0.1) is 0 Å². The SMILES string of the molecule is O=C(O)C(=Cc1ccc(OCc2ccc(Br)cc2)cc1)NC(=O)c1ccccc1. The summed E-state index contributed by atoms with van der Waals surface area (Å²) in [5.74, 6) is -1.03. The van der Waals surface area contributed by atoms with Crippen LogP contribution in [0.5, 0.6) is 5.75 Å². The number of aliphatic carboxylic acids is 1. The van der Waals surface area contributed by atoms with Gasteiger partial charge in [-0.25, -0.2) is 4.79 Å². The molecule has 0 saturated carbocycles. The summed E-state index contributed by atoms with van der Waals surface area (Å²) < 4.78 is 6.75. The first-order valence-corrected chi connectivity index (χ1v) is 9.59. The number of hydrogen-bond acceptors (Lipinski definition) is 3. The van der Waals surface area contributed by atoms with E-state index in [1.807, 2.05) is 24.3 Å². The van der Waals surface area contributed by atoms with Crippen LogP contribution < -0.4 is 10.1 Å². The van der Waals surface area contributed by atoms with Gasteiger partial charge in [-0.2, -0.15) is 0 Å². The molecule has 0 spiro atoms. The van der Waals surface area contributed by atoms with Crippen molar-refractivity contribution in [3.8, 4) is 5.75 Å². The van der Waals surface area contributed by atoms with Gasteiger partial charge in [0, 0.05) is 10.0 Å². The minimum Gasteiger partial charge on any atom is -0.489 e. The van der Waals surface area contributed by atoms with Crippen LogP contribution in [0.25, 0.3) is 6.08 Å². The fourth-order valence-electron chi connectivity index (χ4n) is 2.51. The maximum atomic E-state index is 12.2. The zero-order chi connectivity index (χ0) is 20.6. The number of rotatable bonds is 7. The Hall–Kier alpha value is -3.38. The molecule has 0 aliphatic carbocycles. The van der Waals surface area contributed by atoms with Crippen molar-refractivity contribution < 1.29 is 19.4 Å². The number of halogens is 1. The Bertz CT molecular complexity index is 1010. The minimum atomic E-state index is -1.22. The van der Waals surface area contributed by atoms with Gasteiger partial charge in [0.15, 0.2) is 0 Å². The van der Waals surface area contributed by atoms with Crippen LogP contribution in [0.15, 0.2) is 89.0 Å². The van der Waals surface area contributed by atoms with Gasteiger partial charge in [-0.15, -0.1) is 0 Å². The summed E-state index contributed by atoms with van der Waals surface area (Å²) in [6, 6.07) is 23.2. The van der Waals surface area contributed by atoms with E-state index in [0.29, 0.717) is 23.5 Å². The highest BCUT2D eigenvalue weighted by Crippen LogP contribution is 2.17. The van der Waals surface area contributed by atoms with E-state index in [-0.39, 0.29) is 5.70 Å². The van der Waals surface area contributed by atoms with Crippen molar-refractivity contribution in [2.24, 2.45) is 0 Å². The van der Waals surface area contributed by atoms with Gasteiger partial charge >= 0.3 is 5.97 Å². The third-order valence-electron chi connectivity index (χ3n) is 4.02. The highest BCUT2D eigenvalue weighted by atomic mass is 79.9. The number of ether oxygens (including phenoxy) is 1. The van der Waals surface area contributed by atoms with Gasteiger partial charge < -0.3 is 15.2 Å². The van der Waals surface area contributed by atoms with E-state index < -0.39 is 11.9 Å². The molecule has 0 atom stereocenters. The molecule has 1 amide bonds. The number of nitrogens with one attached hydrogen (secondary N) is 1. The zero-order valence-electron chi connectivity index (χ0n) is 15.3. The van der Waals surface area contributed by atoms with Crippen LogP contribution in [-0.2, 0) is 11.4 Å². The fourth-order valence-corrected chi connectivity index (χ4v) is 2.77. The maximum Gasteiger partial charge on any atom is 0.352 e. The Morgan fingerprint density at radius 2 is 1.59 bits per heavy atom. The average Bonchev–Trinajstić information content (AvgIpc) is 2.74. The average molecular weight is 452 g/mol. The summed E-state index contributed by atoms with van der Waals surface area (Å²) in [6.45, 7) is 0.427. The van der Waals surface area contributed by atoms with Gasteiger partial charge in [-0.3, -0.25) is 4.79 Å². The first-order valence-electron chi connectivity index (χ1n) is 8.80. The molecule has 3 rings (SSSR count). The second-order valence-electron chi connectivity index (χ2n) is 6.17. The molecular formula is C23H18BrNO4. The quantitative estimate of drug-likeness (QED) is 0.501. The molecule has 3 aromatic carbocycles. The van der Waals surface area contributed by atoms with Crippen molar-refractivity contribution in [3.63, 3.8) is 0 Å². The number of carboxylic acid groups (broad SMARTS) is 1. The van der Waals surface area contributed by atoms with Gasteiger partial charge in [0.25, 0.3) is 5.91 Å². The van der Waals surface area contributed by atoms with Gasteiger partial charge in [-0.1, -0.05) is 58.4 Å². The van der Waals surface area contributed by atoms with Crippen molar-refractivity contribution >= 4 is 33.9 Å². The molecule has 3 aromatic rings. The van der Waals surface area contributed by atoms with E-state index in [1.165, 1.54) is 6.08 Å². The van der Waals surface area contributed by atoms with Crippen molar-refractivity contribution in [1.82, 2.24) is 5.32 Å². The lowest BCUT2D eigenvalue weighted by molar-refractivity contribution is -0.132. The Kier molecular flexibility index (Phi) is 6.81. The molecule has 0 heterocycles. The fraction of sp³-hybridized carbons (Fsp3) is 0.0435. The van der Waals surface area contributed by atoms with Crippen LogP contribution in [0.4, 0.5) is 0 Å². The Morgan fingerprint density at radius 3 is 2.21 bits per heavy atom. The monoisotopic (exact) mass is 451 g/mol. The molecule has 0 saturated heterocycles. The standard InChI is InChI=1S/C23H18BrNO4/c24-19-10-6-17(7-11-19)15-29-20-12-8-16(9-13-20)14-21(23(27)28)25-22(26)18-4-2-1-3-5-18/h1-14H,15H2,(H,25,26)(H,27,28). The highest BCUT2D eigenvalue weighted by molar-refractivity contribution is 9.10. The van der Waals surface area contributed by atoms with Crippen molar-refractivity contribution in [2.45, 2.75) is 6.61 Å². The topological polar surface area (TPSA) is 75.6 Å². The molecule has 0 aliphatic heterocycles. The molecule has 0 aromatic heterocycles. The van der Waals surface area contributed by atoms with Gasteiger partial charge in [0.1, 0.15) is 18.1 Å². The van der Waals surface area contributed by atoms with Crippen LogP contribution in [0.1, 0.15) is 21.5 Å². The van der Waals surface area contributed by atoms with Crippen LogP contribution >= 0.6 is 15.9 Å². The molecule has 146 valence electrons. The van der Waals surface area contributed by atoms with E-state index in [1.54, 1.807) is 54.6 Å². The minimum absolute atomic E-state index is 0.206. The molecular weight excluding hydrogens is 434 g/mol. The van der Waals surface area contributed by atoms with Crippen LogP contribution in [0.2, 0.25) is 0 Å². The lowest BCUT2D eigenvalue weighted by atomic mass is 10.1. The summed E-state index contributed by atoms with van der Waals surface area (Å²) in [5.41, 5.74) is 1.85. The second kappa shape index (κ2) is 9.71. The smallest absolute Gasteiger partial charge is 0.352 e. The first kappa shape index (κ1) is 20.4. The number of hydrogen-bond donors (Lipinski definition) is 2. The Balaban J connectivity index is 1.66. The molecule has 5 nitrogen and oxygen atoms in total. The molecule has 2 N–H and O–H groups in total. The number of carbonyl (C=O) groups is 2. The van der Waals surface area contributed by atoms with Crippen LogP contribution in [-0.4, -0.2) is 17.0 Å². The van der Waals surface area contributed by atoms with Gasteiger partial charge in [-0.05, 0) is 53.6 Å². The lowest BCUT2D eigenvalue weighted by Crippen LogP contribution is -2.27. The van der Waals surface area contributed by atoms with Crippen molar-refractivity contribution in [2.75, 3.05) is 0 Å². The van der Waals surface area contributed by atoms with E-state index >= 15 is 0 Å². The van der Waals surface area contributed by atoms with E-state index in [2.05, 4.69) is 21.2 Å². The largest absolute Gasteiger partial charge is 0.489 e. The zero-order valence-corrected chi connectivity index (χ0v) is 16.9. The third kappa shape index (κ3) is 6.05. The van der Waals surface area contributed by atoms with Gasteiger partial charge in [0.05, 0.1) is 0 Å². The molecule has 0 unspecified atom stereocenters. The Morgan fingerprint density at radius 1 is 0.931 bits per heavy atom. The van der Waals surface area contributed by atoms with Gasteiger partial charge in [0.2, 0.25) is 0 Å². The van der Waals surface area contributed by atoms with Crippen molar-refractivity contribution in [1.29, 1.82) is 0 Å². The highest BCUT2D eigenvalue weighted by Gasteiger charge is 2.13. The predicted molar refractivity (Wildman–Crippen MR) is 114 cm³/mol. The molecule has 6 heteroatoms. The number of carboxylic acids is 1. The summed E-state index contributed by atoms with van der Waals surface area (Å²) in [7, 11) is 0. The van der Waals surface area contributed by atoms with E-state index in [0.717, 1.165) is 10.0 Å².